The van der Waals surface area contributed by atoms with Gasteiger partial charge in [0.05, 0.1) is 34.3 Å². The van der Waals surface area contributed by atoms with Gasteiger partial charge in [0.2, 0.25) is 15.9 Å². The Morgan fingerprint density at radius 1 is 1.24 bits per heavy atom. The molecule has 3 aromatic rings. The quantitative estimate of drug-likeness (QED) is 0.480. The van der Waals surface area contributed by atoms with Crippen LogP contribution in [0, 0.1) is 0 Å². The molecule has 11 heteroatoms. The van der Waals surface area contributed by atoms with Crippen molar-refractivity contribution in [3.05, 3.63) is 51.1 Å². The predicted octanol–water partition coefficient (Wildman–Crippen LogP) is 4.49. The number of nitrogens with zero attached hydrogens (tertiary/aromatic N) is 2. The molecule has 0 fully saturated rings. The fourth-order valence-corrected chi connectivity index (χ4v) is 6.19. The third kappa shape index (κ3) is 5.18. The van der Waals surface area contributed by atoms with Crippen LogP contribution in [-0.4, -0.2) is 38.3 Å². The molecule has 0 bridgehead atoms. The van der Waals surface area contributed by atoms with Gasteiger partial charge in [0.15, 0.2) is 0 Å². The number of amides is 1. The fourth-order valence-electron chi connectivity index (χ4n) is 3.68. The highest BCUT2D eigenvalue weighted by atomic mass is 35.5. The van der Waals surface area contributed by atoms with Crippen LogP contribution >= 0.6 is 22.9 Å². The summed E-state index contributed by atoms with van der Waals surface area (Å²) in [6.45, 7) is 5.59. The second kappa shape index (κ2) is 9.74. The monoisotopic (exact) mass is 511 g/mol. The van der Waals surface area contributed by atoms with Crippen LogP contribution in [0.4, 0.5) is 11.4 Å². The Hall–Kier alpha value is -2.56. The number of carbonyl (C=O) groups excluding carboxylic acids is 1. The minimum absolute atomic E-state index is 0.0100. The molecule has 0 aliphatic carbocycles. The molecule has 1 aromatic heterocycles. The first-order valence-electron chi connectivity index (χ1n) is 10.3. The number of ether oxygens (including phenoxy) is 1. The van der Waals surface area contributed by atoms with Crippen LogP contribution in [-0.2, 0) is 14.8 Å². The third-order valence-corrected chi connectivity index (χ3v) is 7.51. The number of hydrogen-bond donors (Lipinski definition) is 1. The maximum absolute atomic E-state index is 13.2. The number of fused-ring (bicyclic) bond motifs is 1. The number of carbonyl (C=O) groups is 1. The molecule has 0 spiro atoms. The van der Waals surface area contributed by atoms with E-state index in [1.807, 2.05) is 13.8 Å². The Morgan fingerprint density at radius 3 is 2.48 bits per heavy atom. The van der Waals surface area contributed by atoms with Gasteiger partial charge in [0.25, 0.3) is 0 Å². The highest BCUT2D eigenvalue weighted by Gasteiger charge is 2.32. The average Bonchev–Trinajstić information content (AvgIpc) is 3.05. The summed E-state index contributed by atoms with van der Waals surface area (Å²) in [5.41, 5.74) is 1.52. The van der Waals surface area contributed by atoms with E-state index in [2.05, 4.69) is 5.32 Å². The van der Waals surface area contributed by atoms with Crippen molar-refractivity contribution in [3.63, 3.8) is 0 Å². The summed E-state index contributed by atoms with van der Waals surface area (Å²) in [6, 6.07) is 8.74. The Kier molecular flexibility index (Phi) is 7.40. The van der Waals surface area contributed by atoms with Crippen molar-refractivity contribution in [1.82, 2.24) is 4.57 Å². The van der Waals surface area contributed by atoms with Crippen molar-refractivity contribution >= 4 is 60.5 Å². The SMILES string of the molecule is CCC(C(=O)Nc1ccc2c(c1)sc(=O)n2C(C)C)N(c1ccc(OC)c(Cl)c1)S(C)(=O)=O. The molecule has 1 amide bonds. The highest BCUT2D eigenvalue weighted by Crippen LogP contribution is 2.32. The summed E-state index contributed by atoms with van der Waals surface area (Å²) in [5, 5.41) is 3.03. The molecule has 1 N–H and O–H groups in total. The van der Waals surface area contributed by atoms with Crippen LogP contribution in [0.25, 0.3) is 10.2 Å². The average molecular weight is 512 g/mol. The number of benzene rings is 2. The molecule has 0 aliphatic rings. The molecule has 1 atom stereocenters. The van der Waals surface area contributed by atoms with Crippen molar-refractivity contribution in [2.24, 2.45) is 0 Å². The molecule has 3 rings (SSSR count). The Bertz CT molecular complexity index is 1350. The zero-order valence-corrected chi connectivity index (χ0v) is 21.3. The van der Waals surface area contributed by atoms with Crippen LogP contribution in [0.5, 0.6) is 5.75 Å². The number of anilines is 2. The van der Waals surface area contributed by atoms with Gasteiger partial charge in [0, 0.05) is 11.7 Å². The van der Waals surface area contributed by atoms with Gasteiger partial charge in [-0.15, -0.1) is 0 Å². The molecular formula is C22H26ClN3O5S2. The minimum atomic E-state index is -3.82. The molecule has 0 saturated carbocycles. The van der Waals surface area contributed by atoms with Crippen molar-refractivity contribution in [2.45, 2.75) is 39.3 Å². The van der Waals surface area contributed by atoms with Gasteiger partial charge in [-0.25, -0.2) is 8.42 Å². The normalized spacial score (nSPS) is 12.7. The number of thiazole rings is 1. The standard InChI is InChI=1S/C22H26ClN3O5S2/c1-6-17(26(33(5,29)30)15-8-10-19(31-4)16(23)12-15)21(27)24-14-7-9-18-20(11-14)32-22(28)25(18)13(2)3/h7-13,17H,6H2,1-5H3,(H,24,27). The molecule has 0 aliphatic heterocycles. The van der Waals surface area contributed by atoms with Gasteiger partial charge in [0.1, 0.15) is 11.8 Å². The first-order chi connectivity index (χ1) is 15.5. The molecule has 0 saturated heterocycles. The van der Waals surface area contributed by atoms with E-state index < -0.39 is 22.0 Å². The van der Waals surface area contributed by atoms with E-state index >= 15 is 0 Å². The number of methoxy groups -OCH3 is 1. The lowest BCUT2D eigenvalue weighted by Gasteiger charge is -2.30. The predicted molar refractivity (Wildman–Crippen MR) is 135 cm³/mol. The van der Waals surface area contributed by atoms with E-state index in [0.717, 1.165) is 32.1 Å². The van der Waals surface area contributed by atoms with Gasteiger partial charge >= 0.3 is 4.87 Å². The van der Waals surface area contributed by atoms with Crippen LogP contribution in [0.2, 0.25) is 5.02 Å². The van der Waals surface area contributed by atoms with Crippen molar-refractivity contribution in [2.75, 3.05) is 23.0 Å². The summed E-state index contributed by atoms with van der Waals surface area (Å²) < 4.78 is 34.0. The lowest BCUT2D eigenvalue weighted by atomic mass is 10.1. The third-order valence-electron chi connectivity index (χ3n) is 5.12. The summed E-state index contributed by atoms with van der Waals surface area (Å²) in [6.07, 6.45) is 1.26. The first-order valence-corrected chi connectivity index (χ1v) is 13.3. The second-order valence-electron chi connectivity index (χ2n) is 7.81. The van der Waals surface area contributed by atoms with Gasteiger partial charge in [-0.2, -0.15) is 0 Å². The van der Waals surface area contributed by atoms with E-state index in [1.54, 1.807) is 41.8 Å². The highest BCUT2D eigenvalue weighted by molar-refractivity contribution is 7.92. The summed E-state index contributed by atoms with van der Waals surface area (Å²) >= 11 is 7.30. The molecule has 2 aromatic carbocycles. The zero-order chi connectivity index (χ0) is 24.5. The molecule has 1 unspecified atom stereocenters. The molecule has 1 heterocycles. The molecule has 178 valence electrons. The van der Waals surface area contributed by atoms with Crippen LogP contribution < -0.4 is 19.2 Å². The van der Waals surface area contributed by atoms with Gasteiger partial charge in [-0.3, -0.25) is 18.5 Å². The largest absolute Gasteiger partial charge is 0.495 e. The summed E-state index contributed by atoms with van der Waals surface area (Å²) in [7, 11) is -2.36. The maximum atomic E-state index is 13.2. The number of hydrogen-bond acceptors (Lipinski definition) is 6. The minimum Gasteiger partial charge on any atom is -0.495 e. The van der Waals surface area contributed by atoms with Gasteiger partial charge < -0.3 is 10.1 Å². The van der Waals surface area contributed by atoms with E-state index in [-0.39, 0.29) is 28.0 Å². The number of aromatic nitrogens is 1. The van der Waals surface area contributed by atoms with E-state index in [4.69, 9.17) is 16.3 Å². The van der Waals surface area contributed by atoms with Crippen molar-refractivity contribution in [3.8, 4) is 5.75 Å². The first kappa shape index (κ1) is 25.1. The fraction of sp³-hybridized carbons (Fsp3) is 0.364. The van der Waals surface area contributed by atoms with Crippen molar-refractivity contribution < 1.29 is 17.9 Å². The van der Waals surface area contributed by atoms with Crippen molar-refractivity contribution in [1.29, 1.82) is 0 Å². The zero-order valence-electron chi connectivity index (χ0n) is 19.0. The molecule has 0 radical (unpaired) electrons. The Labute approximate surface area is 201 Å². The van der Waals surface area contributed by atoms with Gasteiger partial charge in [-0.1, -0.05) is 29.9 Å². The number of rotatable bonds is 8. The smallest absolute Gasteiger partial charge is 0.308 e. The summed E-state index contributed by atoms with van der Waals surface area (Å²) in [4.78, 5) is 25.4. The van der Waals surface area contributed by atoms with Crippen LogP contribution in [0.1, 0.15) is 33.2 Å². The molecular weight excluding hydrogens is 486 g/mol. The van der Waals surface area contributed by atoms with E-state index in [1.165, 1.54) is 13.2 Å². The van der Waals surface area contributed by atoms with Crippen LogP contribution in [0.15, 0.2) is 41.2 Å². The van der Waals surface area contributed by atoms with Gasteiger partial charge in [-0.05, 0) is 56.7 Å². The number of halogens is 1. The Balaban J connectivity index is 1.96. The maximum Gasteiger partial charge on any atom is 0.308 e. The lowest BCUT2D eigenvalue weighted by Crippen LogP contribution is -2.47. The second-order valence-corrected chi connectivity index (χ2v) is 11.1. The number of sulfonamides is 1. The van der Waals surface area contributed by atoms with E-state index in [0.29, 0.717) is 11.4 Å². The number of nitrogens with one attached hydrogen (secondary N) is 1. The van der Waals surface area contributed by atoms with E-state index in [9.17, 15) is 18.0 Å². The lowest BCUT2D eigenvalue weighted by molar-refractivity contribution is -0.117. The summed E-state index contributed by atoms with van der Waals surface area (Å²) in [5.74, 6) is -0.100. The van der Waals surface area contributed by atoms with Crippen LogP contribution in [0.3, 0.4) is 0 Å². The molecule has 33 heavy (non-hydrogen) atoms. The Morgan fingerprint density at radius 2 is 1.94 bits per heavy atom. The molecule has 8 nitrogen and oxygen atoms in total. The topological polar surface area (TPSA) is 97.7 Å².